The van der Waals surface area contributed by atoms with Gasteiger partial charge in [-0.2, -0.15) is 8.78 Å². The summed E-state index contributed by atoms with van der Waals surface area (Å²) in [4.78, 5) is 9.95. The van der Waals surface area contributed by atoms with E-state index in [2.05, 4.69) is 11.1 Å². The topological polar surface area (TPSA) is 55.1 Å². The SMILES string of the molecule is Br.NC(=O)NCCC=C(F)F. The van der Waals surface area contributed by atoms with Crippen molar-refractivity contribution in [3.05, 3.63) is 12.2 Å². The van der Waals surface area contributed by atoms with E-state index in [0.717, 1.165) is 6.08 Å². The van der Waals surface area contributed by atoms with Crippen LogP contribution in [0.1, 0.15) is 6.42 Å². The Balaban J connectivity index is 0. The van der Waals surface area contributed by atoms with Gasteiger partial charge in [0.1, 0.15) is 0 Å². The molecule has 66 valence electrons. The van der Waals surface area contributed by atoms with E-state index in [4.69, 9.17) is 0 Å². The van der Waals surface area contributed by atoms with Crippen LogP contribution in [0.15, 0.2) is 12.2 Å². The van der Waals surface area contributed by atoms with Gasteiger partial charge in [-0.1, -0.05) is 0 Å². The third-order valence-corrected chi connectivity index (χ3v) is 0.742. The summed E-state index contributed by atoms with van der Waals surface area (Å²) < 4.78 is 22.6. The van der Waals surface area contributed by atoms with Gasteiger partial charge >= 0.3 is 6.03 Å². The van der Waals surface area contributed by atoms with Crippen molar-refractivity contribution in [3.8, 4) is 0 Å². The van der Waals surface area contributed by atoms with Crippen molar-refractivity contribution in [1.29, 1.82) is 0 Å². The maximum absolute atomic E-state index is 11.3. The molecule has 0 aliphatic rings. The molecule has 0 aliphatic heterocycles. The molecule has 2 amide bonds. The van der Waals surface area contributed by atoms with Crippen LogP contribution >= 0.6 is 17.0 Å². The van der Waals surface area contributed by atoms with Crippen molar-refractivity contribution in [2.45, 2.75) is 6.42 Å². The van der Waals surface area contributed by atoms with Gasteiger partial charge in [0, 0.05) is 6.54 Å². The van der Waals surface area contributed by atoms with Gasteiger partial charge in [-0.15, -0.1) is 17.0 Å². The molecule has 0 atom stereocenters. The van der Waals surface area contributed by atoms with E-state index in [1.54, 1.807) is 0 Å². The third kappa shape index (κ3) is 12.5. The summed E-state index contributed by atoms with van der Waals surface area (Å²) in [5.74, 6) is 0. The average Bonchev–Trinajstić information content (AvgIpc) is 1.79. The number of nitrogens with two attached hydrogens (primary N) is 1. The van der Waals surface area contributed by atoms with Crippen LogP contribution in [0.2, 0.25) is 0 Å². The monoisotopic (exact) mass is 230 g/mol. The number of carbonyl (C=O) groups is 1. The number of urea groups is 1. The Bertz CT molecular complexity index is 147. The molecule has 0 heterocycles. The molecule has 0 unspecified atom stereocenters. The first-order chi connectivity index (χ1) is 4.63. The Kier molecular flexibility index (Phi) is 8.80. The van der Waals surface area contributed by atoms with Crippen molar-refractivity contribution < 1.29 is 13.6 Å². The molecule has 0 rings (SSSR count). The molecule has 0 fully saturated rings. The first-order valence-corrected chi connectivity index (χ1v) is 2.67. The zero-order valence-electron chi connectivity index (χ0n) is 5.64. The van der Waals surface area contributed by atoms with E-state index in [0.29, 0.717) is 0 Å². The van der Waals surface area contributed by atoms with Gasteiger partial charge in [0.25, 0.3) is 6.08 Å². The van der Waals surface area contributed by atoms with Gasteiger partial charge in [0.15, 0.2) is 0 Å². The van der Waals surface area contributed by atoms with E-state index in [1.807, 2.05) is 0 Å². The fourth-order valence-electron chi connectivity index (χ4n) is 0.377. The van der Waals surface area contributed by atoms with Gasteiger partial charge in [-0.05, 0) is 12.5 Å². The summed E-state index contributed by atoms with van der Waals surface area (Å²) in [5, 5.41) is 2.16. The number of hydrogen-bond acceptors (Lipinski definition) is 1. The van der Waals surface area contributed by atoms with Crippen LogP contribution in [0.3, 0.4) is 0 Å². The van der Waals surface area contributed by atoms with E-state index in [-0.39, 0.29) is 29.9 Å². The van der Waals surface area contributed by atoms with Crippen LogP contribution in [0, 0.1) is 0 Å². The van der Waals surface area contributed by atoms with Crippen LogP contribution in [-0.2, 0) is 0 Å². The van der Waals surface area contributed by atoms with Crippen LogP contribution in [0.25, 0.3) is 0 Å². The Morgan fingerprint density at radius 2 is 2.09 bits per heavy atom. The van der Waals surface area contributed by atoms with Gasteiger partial charge in [0.2, 0.25) is 0 Å². The fraction of sp³-hybridized carbons (Fsp3) is 0.400. The van der Waals surface area contributed by atoms with Crippen LogP contribution in [-0.4, -0.2) is 12.6 Å². The molecule has 3 N–H and O–H groups in total. The molecular weight excluding hydrogens is 222 g/mol. The van der Waals surface area contributed by atoms with Gasteiger partial charge < -0.3 is 11.1 Å². The number of hydrogen-bond donors (Lipinski definition) is 2. The summed E-state index contributed by atoms with van der Waals surface area (Å²) in [6.07, 6.45) is -0.924. The third-order valence-electron chi connectivity index (χ3n) is 0.742. The van der Waals surface area contributed by atoms with Crippen LogP contribution < -0.4 is 11.1 Å². The molecule has 0 radical (unpaired) electrons. The van der Waals surface area contributed by atoms with Gasteiger partial charge in [0.05, 0.1) is 0 Å². The summed E-state index contributed by atoms with van der Waals surface area (Å²) >= 11 is 0. The first kappa shape index (κ1) is 13.0. The second kappa shape index (κ2) is 7.46. The highest BCUT2D eigenvalue weighted by Gasteiger charge is 1.90. The number of amides is 2. The molecule has 6 heteroatoms. The summed E-state index contributed by atoms with van der Waals surface area (Å²) in [7, 11) is 0. The lowest BCUT2D eigenvalue weighted by Gasteiger charge is -1.94. The molecule has 0 aromatic heterocycles. The minimum atomic E-state index is -1.74. The highest BCUT2D eigenvalue weighted by atomic mass is 79.9. The normalized spacial score (nSPS) is 7.82. The zero-order chi connectivity index (χ0) is 7.98. The van der Waals surface area contributed by atoms with Gasteiger partial charge in [-0.25, -0.2) is 4.79 Å². The second-order valence-electron chi connectivity index (χ2n) is 1.57. The van der Waals surface area contributed by atoms with Crippen molar-refractivity contribution >= 4 is 23.0 Å². The van der Waals surface area contributed by atoms with E-state index < -0.39 is 12.1 Å². The lowest BCUT2D eigenvalue weighted by molar-refractivity contribution is 0.249. The molecule has 0 bridgehead atoms. The molecule has 0 aromatic rings. The maximum atomic E-state index is 11.3. The summed E-state index contributed by atoms with van der Waals surface area (Å²) in [6.45, 7) is 0.146. The molecule has 0 aromatic carbocycles. The quantitative estimate of drug-likeness (QED) is 0.708. The summed E-state index contributed by atoms with van der Waals surface area (Å²) in [5.41, 5.74) is 4.65. The second-order valence-corrected chi connectivity index (χ2v) is 1.57. The number of nitrogens with one attached hydrogen (secondary N) is 1. The molecule has 0 saturated carbocycles. The smallest absolute Gasteiger partial charge is 0.312 e. The van der Waals surface area contributed by atoms with Crippen molar-refractivity contribution in [2.24, 2.45) is 5.73 Å². The highest BCUT2D eigenvalue weighted by Crippen LogP contribution is 1.96. The lowest BCUT2D eigenvalue weighted by Crippen LogP contribution is -2.29. The molecule has 3 nitrogen and oxygen atoms in total. The first-order valence-electron chi connectivity index (χ1n) is 2.67. The van der Waals surface area contributed by atoms with E-state index in [1.165, 1.54) is 0 Å². The highest BCUT2D eigenvalue weighted by molar-refractivity contribution is 8.93. The Hall–Kier alpha value is -0.650. The number of rotatable bonds is 3. The van der Waals surface area contributed by atoms with Crippen LogP contribution in [0.4, 0.5) is 13.6 Å². The Labute approximate surface area is 73.4 Å². The van der Waals surface area contributed by atoms with Crippen molar-refractivity contribution in [2.75, 3.05) is 6.54 Å². The zero-order valence-corrected chi connectivity index (χ0v) is 7.35. The summed E-state index contributed by atoms with van der Waals surface area (Å²) in [6, 6.07) is -0.701. The standard InChI is InChI=1S/C5H8F2N2O.BrH/c6-4(7)2-1-3-9-5(8)10;/h2H,1,3H2,(H3,8,9,10);1H. The number of carbonyl (C=O) groups excluding carboxylic acids is 1. The van der Waals surface area contributed by atoms with E-state index in [9.17, 15) is 13.6 Å². The minimum Gasteiger partial charge on any atom is -0.352 e. The Morgan fingerprint density at radius 3 is 2.45 bits per heavy atom. The van der Waals surface area contributed by atoms with Crippen molar-refractivity contribution in [1.82, 2.24) is 5.32 Å². The molecule has 0 aliphatic carbocycles. The van der Waals surface area contributed by atoms with Gasteiger partial charge in [-0.3, -0.25) is 0 Å². The lowest BCUT2D eigenvalue weighted by atomic mass is 10.4. The van der Waals surface area contributed by atoms with Crippen LogP contribution in [0.5, 0.6) is 0 Å². The van der Waals surface area contributed by atoms with E-state index >= 15 is 0 Å². The average molecular weight is 231 g/mol. The largest absolute Gasteiger partial charge is 0.352 e. The predicted octanol–water partition coefficient (Wildman–Crippen LogP) is 1.40. The molecule has 0 spiro atoms. The number of primary amides is 1. The maximum Gasteiger partial charge on any atom is 0.312 e. The predicted molar refractivity (Wildman–Crippen MR) is 42.8 cm³/mol. The minimum absolute atomic E-state index is 0. The number of halogens is 3. The van der Waals surface area contributed by atoms with Crippen molar-refractivity contribution in [3.63, 3.8) is 0 Å². The fourth-order valence-corrected chi connectivity index (χ4v) is 0.377. The molecule has 11 heavy (non-hydrogen) atoms. The molecular formula is C5H9BrF2N2O. The molecule has 0 saturated heterocycles. The Morgan fingerprint density at radius 1 is 1.55 bits per heavy atom.